The molecule has 0 aliphatic heterocycles. The van der Waals surface area contributed by atoms with E-state index < -0.39 is 17.5 Å². The summed E-state index contributed by atoms with van der Waals surface area (Å²) < 4.78 is 26.1. The molecule has 1 N–H and O–H groups in total. The fourth-order valence-corrected chi connectivity index (χ4v) is 2.51. The fraction of sp³-hybridized carbons (Fsp3) is 0.263. The maximum atomic E-state index is 13.2. The van der Waals surface area contributed by atoms with Crippen molar-refractivity contribution in [1.29, 1.82) is 0 Å². The average Bonchev–Trinajstić information content (AvgIpc) is 2.61. The molecule has 7 heteroatoms. The molecule has 0 saturated carbocycles. The molecular weight excluding hydrogens is 362 g/mol. The number of hydrogen-bond acceptors (Lipinski definition) is 2. The zero-order valence-electron chi connectivity index (χ0n) is 14.3. The molecule has 26 heavy (non-hydrogen) atoms. The van der Waals surface area contributed by atoms with Crippen molar-refractivity contribution in [1.82, 2.24) is 10.2 Å². The number of nitrogens with zero attached hydrogens (tertiary/aromatic N) is 1. The summed E-state index contributed by atoms with van der Waals surface area (Å²) >= 11 is 5.84. The minimum atomic E-state index is -1.08. The highest BCUT2D eigenvalue weighted by molar-refractivity contribution is 6.30. The van der Waals surface area contributed by atoms with Gasteiger partial charge in [0.05, 0.1) is 0 Å². The minimum absolute atomic E-state index is 0.0273. The molecule has 138 valence electrons. The molecule has 0 spiro atoms. The highest BCUT2D eigenvalue weighted by Gasteiger charge is 2.12. The second-order valence-electron chi connectivity index (χ2n) is 5.77. The molecule has 0 saturated heterocycles. The van der Waals surface area contributed by atoms with Crippen LogP contribution in [0.4, 0.5) is 8.78 Å². The summed E-state index contributed by atoms with van der Waals surface area (Å²) in [5, 5.41) is 3.25. The van der Waals surface area contributed by atoms with Gasteiger partial charge in [-0.15, -0.1) is 0 Å². The molecule has 4 nitrogen and oxygen atoms in total. The summed E-state index contributed by atoms with van der Waals surface area (Å²) in [5.74, 6) is -2.72. The summed E-state index contributed by atoms with van der Waals surface area (Å²) in [5.41, 5.74) is 1.07. The van der Waals surface area contributed by atoms with E-state index in [4.69, 9.17) is 11.6 Å². The SMILES string of the molecule is CC(=O)N(CCNC(=O)c1ccc(F)c(F)c1)CCc1ccc(Cl)cc1. The van der Waals surface area contributed by atoms with Gasteiger partial charge >= 0.3 is 0 Å². The lowest BCUT2D eigenvalue weighted by Gasteiger charge is -2.21. The van der Waals surface area contributed by atoms with E-state index in [1.807, 2.05) is 12.1 Å². The molecular formula is C19H19ClF2N2O2. The van der Waals surface area contributed by atoms with Crippen molar-refractivity contribution < 1.29 is 18.4 Å². The average molecular weight is 381 g/mol. The summed E-state index contributed by atoms with van der Waals surface area (Å²) in [6.45, 7) is 2.48. The summed E-state index contributed by atoms with van der Waals surface area (Å²) in [6, 6.07) is 10.3. The summed E-state index contributed by atoms with van der Waals surface area (Å²) in [6.07, 6.45) is 0.661. The zero-order chi connectivity index (χ0) is 19.1. The van der Waals surface area contributed by atoms with E-state index in [-0.39, 0.29) is 18.0 Å². The van der Waals surface area contributed by atoms with E-state index in [1.165, 1.54) is 13.0 Å². The molecule has 0 aliphatic carbocycles. The van der Waals surface area contributed by atoms with E-state index in [0.717, 1.165) is 17.7 Å². The lowest BCUT2D eigenvalue weighted by molar-refractivity contribution is -0.128. The van der Waals surface area contributed by atoms with Crippen molar-refractivity contribution in [2.75, 3.05) is 19.6 Å². The van der Waals surface area contributed by atoms with Crippen LogP contribution in [0.5, 0.6) is 0 Å². The van der Waals surface area contributed by atoms with E-state index in [9.17, 15) is 18.4 Å². The van der Waals surface area contributed by atoms with Crippen LogP contribution in [-0.4, -0.2) is 36.3 Å². The van der Waals surface area contributed by atoms with Gasteiger partial charge in [0.15, 0.2) is 11.6 Å². The van der Waals surface area contributed by atoms with E-state index >= 15 is 0 Å². The van der Waals surface area contributed by atoms with Crippen LogP contribution in [0.3, 0.4) is 0 Å². The molecule has 0 heterocycles. The van der Waals surface area contributed by atoms with Crippen LogP contribution in [0.25, 0.3) is 0 Å². The van der Waals surface area contributed by atoms with Gasteiger partial charge in [0.25, 0.3) is 5.91 Å². The standard InChI is InChI=1S/C19H19ClF2N2O2/c1-13(25)24(10-8-14-2-5-16(20)6-3-14)11-9-23-19(26)15-4-7-17(21)18(22)12-15/h2-7,12H,8-11H2,1H3,(H,23,26). The molecule has 2 aromatic rings. The third-order valence-corrected chi connectivity index (χ3v) is 4.13. The van der Waals surface area contributed by atoms with Gasteiger partial charge in [-0.3, -0.25) is 9.59 Å². The molecule has 0 aromatic heterocycles. The number of hydrogen-bond donors (Lipinski definition) is 1. The van der Waals surface area contributed by atoms with Gasteiger partial charge in [0, 0.05) is 37.1 Å². The third kappa shape index (κ3) is 5.81. The fourth-order valence-electron chi connectivity index (χ4n) is 2.39. The van der Waals surface area contributed by atoms with Crippen molar-refractivity contribution in [3.8, 4) is 0 Å². The van der Waals surface area contributed by atoms with Gasteiger partial charge in [-0.05, 0) is 42.3 Å². The Balaban J connectivity index is 1.83. The first-order valence-electron chi connectivity index (χ1n) is 8.10. The number of halogens is 3. The maximum absolute atomic E-state index is 13.2. The molecule has 0 fully saturated rings. The van der Waals surface area contributed by atoms with Crippen LogP contribution in [0, 0.1) is 11.6 Å². The van der Waals surface area contributed by atoms with Crippen LogP contribution < -0.4 is 5.32 Å². The minimum Gasteiger partial charge on any atom is -0.350 e. The highest BCUT2D eigenvalue weighted by atomic mass is 35.5. The molecule has 2 rings (SSSR count). The van der Waals surface area contributed by atoms with E-state index in [2.05, 4.69) is 5.32 Å². The predicted octanol–water partition coefficient (Wildman–Crippen LogP) is 3.44. The molecule has 2 aromatic carbocycles. The smallest absolute Gasteiger partial charge is 0.251 e. The Kier molecular flexibility index (Phi) is 7.09. The van der Waals surface area contributed by atoms with Crippen LogP contribution in [0.2, 0.25) is 5.02 Å². The second-order valence-corrected chi connectivity index (χ2v) is 6.20. The largest absolute Gasteiger partial charge is 0.350 e. The Hall–Kier alpha value is -2.47. The van der Waals surface area contributed by atoms with Crippen molar-refractivity contribution in [3.63, 3.8) is 0 Å². The monoisotopic (exact) mass is 380 g/mol. The van der Waals surface area contributed by atoms with Crippen LogP contribution >= 0.6 is 11.6 Å². The molecule has 0 aliphatic rings. The van der Waals surface area contributed by atoms with Crippen LogP contribution in [-0.2, 0) is 11.2 Å². The highest BCUT2D eigenvalue weighted by Crippen LogP contribution is 2.11. The Morgan fingerprint density at radius 3 is 2.35 bits per heavy atom. The van der Waals surface area contributed by atoms with Gasteiger partial charge in [0.2, 0.25) is 5.91 Å². The Labute approximate surface area is 155 Å². The Morgan fingerprint density at radius 2 is 1.73 bits per heavy atom. The lowest BCUT2D eigenvalue weighted by Crippen LogP contribution is -2.38. The maximum Gasteiger partial charge on any atom is 0.251 e. The molecule has 0 unspecified atom stereocenters. The van der Waals surface area contributed by atoms with Crippen molar-refractivity contribution in [3.05, 3.63) is 70.2 Å². The number of carbonyl (C=O) groups excluding carboxylic acids is 2. The Morgan fingerprint density at radius 1 is 1.04 bits per heavy atom. The predicted molar refractivity (Wildman–Crippen MR) is 96.1 cm³/mol. The number of amides is 2. The Bertz CT molecular complexity index is 782. The quantitative estimate of drug-likeness (QED) is 0.800. The topological polar surface area (TPSA) is 49.4 Å². The van der Waals surface area contributed by atoms with Gasteiger partial charge in [-0.2, -0.15) is 0 Å². The molecule has 2 amide bonds. The lowest BCUT2D eigenvalue weighted by atomic mass is 10.1. The number of carbonyl (C=O) groups is 2. The van der Waals surface area contributed by atoms with Gasteiger partial charge < -0.3 is 10.2 Å². The number of benzene rings is 2. The van der Waals surface area contributed by atoms with Gasteiger partial charge in [0.1, 0.15) is 0 Å². The first kappa shape index (κ1) is 19.8. The molecule has 0 bridgehead atoms. The number of nitrogens with one attached hydrogen (secondary N) is 1. The molecule has 0 radical (unpaired) electrons. The molecule has 0 atom stereocenters. The summed E-state index contributed by atoms with van der Waals surface area (Å²) in [4.78, 5) is 25.3. The zero-order valence-corrected chi connectivity index (χ0v) is 15.0. The van der Waals surface area contributed by atoms with E-state index in [1.54, 1.807) is 17.0 Å². The van der Waals surface area contributed by atoms with Crippen molar-refractivity contribution >= 4 is 23.4 Å². The van der Waals surface area contributed by atoms with Crippen molar-refractivity contribution in [2.45, 2.75) is 13.3 Å². The van der Waals surface area contributed by atoms with Crippen LogP contribution in [0.1, 0.15) is 22.8 Å². The van der Waals surface area contributed by atoms with Crippen LogP contribution in [0.15, 0.2) is 42.5 Å². The van der Waals surface area contributed by atoms with Crippen molar-refractivity contribution in [2.24, 2.45) is 0 Å². The second kappa shape index (κ2) is 9.29. The first-order chi connectivity index (χ1) is 12.4. The van der Waals surface area contributed by atoms with Gasteiger partial charge in [-0.1, -0.05) is 23.7 Å². The first-order valence-corrected chi connectivity index (χ1v) is 8.48. The normalized spacial score (nSPS) is 10.5. The van der Waals surface area contributed by atoms with E-state index in [0.29, 0.717) is 24.5 Å². The third-order valence-electron chi connectivity index (χ3n) is 3.88. The summed E-state index contributed by atoms with van der Waals surface area (Å²) in [7, 11) is 0. The number of rotatable bonds is 7. The van der Waals surface area contributed by atoms with Gasteiger partial charge in [-0.25, -0.2) is 8.78 Å².